The minimum Gasteiger partial charge on any atom is -0.350 e. The summed E-state index contributed by atoms with van der Waals surface area (Å²) in [7, 11) is 0. The molecule has 1 aliphatic heterocycles. The van der Waals surface area contributed by atoms with Crippen molar-refractivity contribution in [3.63, 3.8) is 0 Å². The summed E-state index contributed by atoms with van der Waals surface area (Å²) in [6.45, 7) is 1.43. The number of nitriles is 1. The summed E-state index contributed by atoms with van der Waals surface area (Å²) in [5, 5.41) is 13.4. The molecule has 1 atom stereocenters. The lowest BCUT2D eigenvalue weighted by molar-refractivity contribution is 0.480. The molecule has 0 bridgehead atoms. The monoisotopic (exact) mass is 322 g/mol. The number of hydrogen-bond donors (Lipinski definition) is 0. The van der Waals surface area contributed by atoms with Crippen LogP contribution in [0.3, 0.4) is 0 Å². The van der Waals surface area contributed by atoms with E-state index in [0.29, 0.717) is 18.2 Å². The fraction of sp³-hybridized carbons (Fsp3) is 0.471. The first-order valence-corrected chi connectivity index (χ1v) is 8.31. The zero-order valence-electron chi connectivity index (χ0n) is 13.3. The molecule has 0 aromatic carbocycles. The Morgan fingerprint density at radius 1 is 1.21 bits per heavy atom. The van der Waals surface area contributed by atoms with Crippen LogP contribution in [0.15, 0.2) is 29.3 Å². The van der Waals surface area contributed by atoms with Gasteiger partial charge in [0.2, 0.25) is 0 Å². The Morgan fingerprint density at radius 3 is 2.79 bits per heavy atom. The standard InChI is InChI=1S/C17H18N6O/c18-8-13-9-20-16(10-19-13)22-7-1-2-14(22)11-23-17(24)6-5-15(21-23)12-3-4-12/h5-6,9-10,12,14H,1-4,7,11H2. The highest BCUT2D eigenvalue weighted by molar-refractivity contribution is 5.39. The first-order chi connectivity index (χ1) is 11.7. The van der Waals surface area contributed by atoms with Crippen molar-refractivity contribution in [1.82, 2.24) is 19.7 Å². The second kappa shape index (κ2) is 6.04. The van der Waals surface area contributed by atoms with E-state index >= 15 is 0 Å². The lowest BCUT2D eigenvalue weighted by Gasteiger charge is -2.25. The Balaban J connectivity index is 1.56. The zero-order chi connectivity index (χ0) is 16.5. The van der Waals surface area contributed by atoms with E-state index in [2.05, 4.69) is 20.0 Å². The lowest BCUT2D eigenvalue weighted by atomic mass is 10.2. The van der Waals surface area contributed by atoms with Crippen LogP contribution in [0.1, 0.15) is 43.0 Å². The molecule has 0 radical (unpaired) electrons. The van der Waals surface area contributed by atoms with Crippen LogP contribution in [0.5, 0.6) is 0 Å². The molecule has 24 heavy (non-hydrogen) atoms. The molecule has 122 valence electrons. The van der Waals surface area contributed by atoms with Gasteiger partial charge in [-0.1, -0.05) is 0 Å². The summed E-state index contributed by atoms with van der Waals surface area (Å²) >= 11 is 0. The summed E-state index contributed by atoms with van der Waals surface area (Å²) < 4.78 is 1.59. The predicted molar refractivity (Wildman–Crippen MR) is 87.6 cm³/mol. The van der Waals surface area contributed by atoms with Gasteiger partial charge in [0.15, 0.2) is 5.69 Å². The van der Waals surface area contributed by atoms with Crippen molar-refractivity contribution in [2.24, 2.45) is 0 Å². The van der Waals surface area contributed by atoms with E-state index in [9.17, 15) is 4.79 Å². The molecule has 2 aromatic heterocycles. The second-order valence-corrected chi connectivity index (χ2v) is 6.41. The van der Waals surface area contributed by atoms with Gasteiger partial charge in [-0.05, 0) is 31.7 Å². The molecular weight excluding hydrogens is 304 g/mol. The first kappa shape index (κ1) is 14.8. The molecule has 1 saturated carbocycles. The van der Waals surface area contributed by atoms with Crippen LogP contribution in [0.4, 0.5) is 5.82 Å². The molecule has 1 unspecified atom stereocenters. The Hall–Kier alpha value is -2.75. The van der Waals surface area contributed by atoms with E-state index in [1.807, 2.05) is 12.1 Å². The molecule has 7 heteroatoms. The van der Waals surface area contributed by atoms with Crippen molar-refractivity contribution in [3.05, 3.63) is 46.3 Å². The fourth-order valence-corrected chi connectivity index (χ4v) is 3.25. The molecule has 2 aliphatic rings. The highest BCUT2D eigenvalue weighted by Gasteiger charge is 2.29. The van der Waals surface area contributed by atoms with Gasteiger partial charge in [-0.2, -0.15) is 10.4 Å². The van der Waals surface area contributed by atoms with Crippen LogP contribution < -0.4 is 10.5 Å². The van der Waals surface area contributed by atoms with Crippen LogP contribution in [-0.2, 0) is 6.54 Å². The maximum absolute atomic E-state index is 12.1. The number of rotatable bonds is 4. The Labute approximate surface area is 139 Å². The summed E-state index contributed by atoms with van der Waals surface area (Å²) in [5.41, 5.74) is 1.28. The van der Waals surface area contributed by atoms with Crippen molar-refractivity contribution in [3.8, 4) is 6.07 Å². The molecule has 0 amide bonds. The van der Waals surface area contributed by atoms with Crippen molar-refractivity contribution in [2.45, 2.75) is 44.2 Å². The van der Waals surface area contributed by atoms with Crippen LogP contribution in [0, 0.1) is 11.3 Å². The molecular formula is C17H18N6O. The van der Waals surface area contributed by atoms with E-state index in [0.717, 1.165) is 30.9 Å². The van der Waals surface area contributed by atoms with E-state index < -0.39 is 0 Å². The molecule has 2 fully saturated rings. The number of hydrogen-bond acceptors (Lipinski definition) is 6. The summed E-state index contributed by atoms with van der Waals surface area (Å²) in [6.07, 6.45) is 7.49. The van der Waals surface area contributed by atoms with Crippen LogP contribution in [0.2, 0.25) is 0 Å². The normalized spacial score (nSPS) is 20.1. The third-order valence-electron chi connectivity index (χ3n) is 4.69. The van der Waals surface area contributed by atoms with E-state index in [1.54, 1.807) is 16.9 Å². The molecule has 4 rings (SSSR count). The Bertz CT molecular complexity index is 833. The van der Waals surface area contributed by atoms with E-state index in [1.165, 1.54) is 19.0 Å². The lowest BCUT2D eigenvalue weighted by Crippen LogP contribution is -2.37. The van der Waals surface area contributed by atoms with Gasteiger partial charge in [0.1, 0.15) is 11.9 Å². The van der Waals surface area contributed by atoms with Crippen LogP contribution in [0.25, 0.3) is 0 Å². The molecule has 1 aliphatic carbocycles. The van der Waals surface area contributed by atoms with Crippen molar-refractivity contribution < 1.29 is 0 Å². The second-order valence-electron chi connectivity index (χ2n) is 6.41. The maximum Gasteiger partial charge on any atom is 0.266 e. The molecule has 7 nitrogen and oxygen atoms in total. The minimum atomic E-state index is -0.0582. The Morgan fingerprint density at radius 2 is 2.08 bits per heavy atom. The largest absolute Gasteiger partial charge is 0.350 e. The third-order valence-corrected chi connectivity index (χ3v) is 4.69. The highest BCUT2D eigenvalue weighted by Crippen LogP contribution is 2.38. The summed E-state index contributed by atoms with van der Waals surface area (Å²) in [6, 6.07) is 5.63. The Kier molecular flexibility index (Phi) is 3.73. The van der Waals surface area contributed by atoms with Gasteiger partial charge in [0.05, 0.1) is 30.7 Å². The van der Waals surface area contributed by atoms with Crippen molar-refractivity contribution in [1.29, 1.82) is 5.26 Å². The third kappa shape index (κ3) is 2.87. The average molecular weight is 322 g/mol. The zero-order valence-corrected chi connectivity index (χ0v) is 13.3. The van der Waals surface area contributed by atoms with Gasteiger partial charge in [0, 0.05) is 18.5 Å². The highest BCUT2D eigenvalue weighted by atomic mass is 16.1. The van der Waals surface area contributed by atoms with Crippen molar-refractivity contribution >= 4 is 5.82 Å². The SMILES string of the molecule is N#Cc1cnc(N2CCCC2Cn2nc(C3CC3)ccc2=O)cn1. The van der Waals surface area contributed by atoms with Gasteiger partial charge >= 0.3 is 0 Å². The molecule has 0 N–H and O–H groups in total. The number of nitrogens with zero attached hydrogens (tertiary/aromatic N) is 6. The smallest absolute Gasteiger partial charge is 0.266 e. The molecule has 0 spiro atoms. The summed E-state index contributed by atoms with van der Waals surface area (Å²) in [4.78, 5) is 22.7. The number of anilines is 1. The fourth-order valence-electron chi connectivity index (χ4n) is 3.25. The molecule has 3 heterocycles. The van der Waals surface area contributed by atoms with Gasteiger partial charge in [-0.15, -0.1) is 0 Å². The quantitative estimate of drug-likeness (QED) is 0.846. The minimum absolute atomic E-state index is 0.0582. The number of aromatic nitrogens is 4. The van der Waals surface area contributed by atoms with Gasteiger partial charge in [-0.3, -0.25) is 4.79 Å². The summed E-state index contributed by atoms with van der Waals surface area (Å²) in [5.74, 6) is 1.28. The van der Waals surface area contributed by atoms with Gasteiger partial charge in [0.25, 0.3) is 5.56 Å². The maximum atomic E-state index is 12.1. The average Bonchev–Trinajstić information content (AvgIpc) is 3.36. The van der Waals surface area contributed by atoms with Crippen molar-refractivity contribution in [2.75, 3.05) is 11.4 Å². The van der Waals surface area contributed by atoms with Crippen LogP contribution >= 0.6 is 0 Å². The molecule has 1 saturated heterocycles. The van der Waals surface area contributed by atoms with Gasteiger partial charge < -0.3 is 4.90 Å². The van der Waals surface area contributed by atoms with Gasteiger partial charge in [-0.25, -0.2) is 14.6 Å². The predicted octanol–water partition coefficient (Wildman–Crippen LogP) is 1.45. The van der Waals surface area contributed by atoms with E-state index in [4.69, 9.17) is 5.26 Å². The topological polar surface area (TPSA) is 87.7 Å². The van der Waals surface area contributed by atoms with Crippen LogP contribution in [-0.4, -0.2) is 32.3 Å². The first-order valence-electron chi connectivity index (χ1n) is 8.31. The van der Waals surface area contributed by atoms with E-state index in [-0.39, 0.29) is 11.6 Å². The molecule has 2 aromatic rings.